The third kappa shape index (κ3) is 2.51. The Morgan fingerprint density at radius 1 is 1.37 bits per heavy atom. The average molecular weight is 332 g/mol. The molecule has 1 unspecified atom stereocenters. The molecule has 0 bridgehead atoms. The van der Waals surface area contributed by atoms with E-state index in [9.17, 15) is 8.78 Å². The van der Waals surface area contributed by atoms with Gasteiger partial charge in [-0.15, -0.1) is 5.10 Å². The first kappa shape index (κ1) is 14.0. The minimum absolute atomic E-state index is 0.229. The normalized spacial score (nSPS) is 12.7. The van der Waals surface area contributed by atoms with Gasteiger partial charge in [0.25, 0.3) is 0 Å². The molecule has 1 heterocycles. The van der Waals surface area contributed by atoms with Gasteiger partial charge in [-0.3, -0.25) is 5.84 Å². The van der Waals surface area contributed by atoms with Gasteiger partial charge in [0.15, 0.2) is 4.60 Å². The second kappa shape index (κ2) is 5.32. The summed E-state index contributed by atoms with van der Waals surface area (Å²) in [5.74, 6) is 4.21. The molecule has 0 radical (unpaired) electrons. The summed E-state index contributed by atoms with van der Waals surface area (Å²) in [5.41, 5.74) is 3.61. The summed E-state index contributed by atoms with van der Waals surface area (Å²) in [5, 5.41) is 7.63. The lowest BCUT2D eigenvalue weighted by atomic mass is 10.0. The fourth-order valence-corrected chi connectivity index (χ4v) is 2.42. The van der Waals surface area contributed by atoms with Crippen LogP contribution < -0.4 is 11.3 Å². The number of benzene rings is 1. The summed E-state index contributed by atoms with van der Waals surface area (Å²) in [6.45, 7) is 1.56. The molecule has 0 saturated heterocycles. The summed E-state index contributed by atoms with van der Waals surface area (Å²) >= 11 is 3.23. The Balaban J connectivity index is 2.58. The van der Waals surface area contributed by atoms with Crippen LogP contribution in [-0.4, -0.2) is 15.0 Å². The van der Waals surface area contributed by atoms with Gasteiger partial charge in [-0.1, -0.05) is 5.21 Å². The first-order valence-electron chi connectivity index (χ1n) is 5.42. The van der Waals surface area contributed by atoms with Crippen molar-refractivity contribution in [3.63, 3.8) is 0 Å². The molecule has 0 aliphatic heterocycles. The molecule has 8 heteroatoms. The first-order valence-corrected chi connectivity index (χ1v) is 6.21. The number of nitrogens with one attached hydrogen (secondary N) is 1. The van der Waals surface area contributed by atoms with Crippen LogP contribution in [0.1, 0.15) is 22.9 Å². The van der Waals surface area contributed by atoms with Crippen molar-refractivity contribution in [3.8, 4) is 0 Å². The highest BCUT2D eigenvalue weighted by atomic mass is 79.9. The number of nitrogens with zero attached hydrogens (tertiary/aromatic N) is 3. The number of halogens is 3. The van der Waals surface area contributed by atoms with Crippen LogP contribution in [0.15, 0.2) is 16.7 Å². The molecule has 0 aliphatic carbocycles. The molecule has 2 aromatic rings. The maximum Gasteiger partial charge on any atom is 0.153 e. The van der Waals surface area contributed by atoms with Crippen LogP contribution in [0.4, 0.5) is 8.78 Å². The van der Waals surface area contributed by atoms with Gasteiger partial charge in [0, 0.05) is 18.7 Å². The molecular formula is C11H12BrF2N5. The predicted molar refractivity (Wildman–Crippen MR) is 69.0 cm³/mol. The van der Waals surface area contributed by atoms with E-state index in [-0.39, 0.29) is 5.56 Å². The van der Waals surface area contributed by atoms with Crippen molar-refractivity contribution in [2.45, 2.75) is 13.0 Å². The Morgan fingerprint density at radius 2 is 2.05 bits per heavy atom. The number of hydrogen-bond donors (Lipinski definition) is 2. The highest BCUT2D eigenvalue weighted by molar-refractivity contribution is 9.10. The molecule has 2 rings (SSSR count). The Morgan fingerprint density at radius 3 is 2.58 bits per heavy atom. The van der Waals surface area contributed by atoms with E-state index < -0.39 is 17.7 Å². The van der Waals surface area contributed by atoms with Crippen LogP contribution >= 0.6 is 15.9 Å². The SMILES string of the molecule is Cc1cc(C(NN)c2c(Br)nnn2C)c(F)cc1F. The van der Waals surface area contributed by atoms with Gasteiger partial charge in [-0.05, 0) is 34.5 Å². The van der Waals surface area contributed by atoms with Crippen LogP contribution in [0.25, 0.3) is 0 Å². The van der Waals surface area contributed by atoms with Gasteiger partial charge in [0.1, 0.15) is 11.6 Å². The molecule has 5 nitrogen and oxygen atoms in total. The Hall–Kier alpha value is -1.38. The van der Waals surface area contributed by atoms with E-state index in [4.69, 9.17) is 5.84 Å². The smallest absolute Gasteiger partial charge is 0.153 e. The third-order valence-corrected chi connectivity index (χ3v) is 3.42. The first-order chi connectivity index (χ1) is 8.95. The topological polar surface area (TPSA) is 68.8 Å². The number of aryl methyl sites for hydroxylation is 2. The molecule has 0 spiro atoms. The fourth-order valence-electron chi connectivity index (χ4n) is 1.86. The third-order valence-electron chi connectivity index (χ3n) is 2.86. The number of aromatic nitrogens is 3. The maximum atomic E-state index is 13.9. The second-order valence-electron chi connectivity index (χ2n) is 4.11. The zero-order chi connectivity index (χ0) is 14.2. The lowest BCUT2D eigenvalue weighted by Crippen LogP contribution is -2.31. The summed E-state index contributed by atoms with van der Waals surface area (Å²) in [6, 6.07) is 1.56. The monoisotopic (exact) mass is 331 g/mol. The molecule has 19 heavy (non-hydrogen) atoms. The highest BCUT2D eigenvalue weighted by Gasteiger charge is 2.24. The molecule has 0 amide bonds. The number of rotatable bonds is 3. The van der Waals surface area contributed by atoms with E-state index in [1.54, 1.807) is 14.0 Å². The van der Waals surface area contributed by atoms with Crippen molar-refractivity contribution in [2.75, 3.05) is 0 Å². The molecule has 3 N–H and O–H groups in total. The number of hydrogen-bond acceptors (Lipinski definition) is 4. The molecule has 0 aliphatic rings. The Kier molecular flexibility index (Phi) is 3.93. The summed E-state index contributed by atoms with van der Waals surface area (Å²) < 4.78 is 29.1. The minimum atomic E-state index is -0.686. The fraction of sp³-hybridized carbons (Fsp3) is 0.273. The van der Waals surface area contributed by atoms with Crippen molar-refractivity contribution >= 4 is 15.9 Å². The van der Waals surface area contributed by atoms with E-state index in [0.29, 0.717) is 15.9 Å². The zero-order valence-electron chi connectivity index (χ0n) is 10.3. The molecule has 0 fully saturated rings. The quantitative estimate of drug-likeness (QED) is 0.663. The van der Waals surface area contributed by atoms with Crippen molar-refractivity contribution in [1.82, 2.24) is 20.4 Å². The molecule has 1 atom stereocenters. The Labute approximate surface area is 116 Å². The number of hydrazine groups is 1. The summed E-state index contributed by atoms with van der Waals surface area (Å²) in [6.07, 6.45) is 0. The predicted octanol–water partition coefficient (Wildman–Crippen LogP) is 1.72. The summed E-state index contributed by atoms with van der Waals surface area (Å²) in [4.78, 5) is 0. The van der Waals surface area contributed by atoms with Crippen LogP contribution in [0.5, 0.6) is 0 Å². The van der Waals surface area contributed by atoms with Gasteiger partial charge < -0.3 is 0 Å². The second-order valence-corrected chi connectivity index (χ2v) is 4.86. The molecule has 1 aromatic heterocycles. The van der Waals surface area contributed by atoms with E-state index in [1.165, 1.54) is 10.7 Å². The van der Waals surface area contributed by atoms with E-state index in [0.717, 1.165) is 6.07 Å². The highest BCUT2D eigenvalue weighted by Crippen LogP contribution is 2.29. The molecular weight excluding hydrogens is 320 g/mol. The van der Waals surface area contributed by atoms with Crippen molar-refractivity contribution in [1.29, 1.82) is 0 Å². The van der Waals surface area contributed by atoms with E-state index in [2.05, 4.69) is 31.7 Å². The van der Waals surface area contributed by atoms with Crippen molar-refractivity contribution < 1.29 is 8.78 Å². The van der Waals surface area contributed by atoms with Gasteiger partial charge >= 0.3 is 0 Å². The van der Waals surface area contributed by atoms with Gasteiger partial charge in [0.05, 0.1) is 11.7 Å². The minimum Gasteiger partial charge on any atom is -0.271 e. The van der Waals surface area contributed by atoms with Crippen LogP contribution in [0.2, 0.25) is 0 Å². The van der Waals surface area contributed by atoms with Gasteiger partial charge in [0.2, 0.25) is 0 Å². The van der Waals surface area contributed by atoms with Gasteiger partial charge in [-0.2, -0.15) is 0 Å². The van der Waals surface area contributed by atoms with E-state index >= 15 is 0 Å². The largest absolute Gasteiger partial charge is 0.271 e. The molecule has 0 saturated carbocycles. The average Bonchev–Trinajstić information content (AvgIpc) is 2.68. The molecule has 102 valence electrons. The zero-order valence-corrected chi connectivity index (χ0v) is 11.9. The lowest BCUT2D eigenvalue weighted by molar-refractivity contribution is 0.518. The van der Waals surface area contributed by atoms with Crippen LogP contribution in [-0.2, 0) is 7.05 Å². The standard InChI is InChI=1S/C11H12BrF2N5/c1-5-3-6(8(14)4-7(5)13)9(16-15)10-11(12)17-18-19(10)2/h3-4,9,16H,15H2,1-2H3. The molecule has 1 aromatic carbocycles. The lowest BCUT2D eigenvalue weighted by Gasteiger charge is -2.18. The number of nitrogens with two attached hydrogens (primary N) is 1. The Bertz CT molecular complexity index is 594. The van der Waals surface area contributed by atoms with Crippen LogP contribution in [0, 0.1) is 18.6 Å². The van der Waals surface area contributed by atoms with E-state index in [1.807, 2.05) is 0 Å². The van der Waals surface area contributed by atoms with Crippen molar-refractivity contribution in [3.05, 3.63) is 45.2 Å². The maximum absolute atomic E-state index is 13.9. The van der Waals surface area contributed by atoms with Crippen LogP contribution in [0.3, 0.4) is 0 Å². The van der Waals surface area contributed by atoms with Crippen molar-refractivity contribution in [2.24, 2.45) is 12.9 Å². The van der Waals surface area contributed by atoms with Gasteiger partial charge in [-0.25, -0.2) is 18.9 Å². The summed E-state index contributed by atoms with van der Waals surface area (Å²) in [7, 11) is 1.66.